The normalized spacial score (nSPS) is 17.7. The molecule has 0 radical (unpaired) electrons. The smallest absolute Gasteiger partial charge is 0.470 e. The molecule has 7 N–H and O–H groups in total. The summed E-state index contributed by atoms with van der Waals surface area (Å²) in [5.41, 5.74) is 0. The Morgan fingerprint density at radius 1 is 1.15 bits per heavy atom. The van der Waals surface area contributed by atoms with Gasteiger partial charge in [-0.2, -0.15) is 0 Å². The molecule has 0 fully saturated rings. The standard InChI is InChI=1S/C7H15NO3.C6H13O9P/c1-8(2,3)5-6(9)4-7(10)11;7-1-3(9)5(10)6(11)4(2-8)15-16(12,13)14/h6,9H,4-5H2,1-3H3;2-7,9-11H,1H2,(H2,12,13,14)/t;3-,4+,5-,6-/m.1/s1. The summed E-state index contributed by atoms with van der Waals surface area (Å²) < 4.78 is 14.8. The molecule has 0 heterocycles. The molecule has 5 atom stereocenters. The monoisotopic (exact) mass is 421 g/mol. The number of nitrogens with zero attached hydrogens (tertiary/aromatic N) is 1. The number of carboxylic acid groups (broad SMARTS) is 1. The summed E-state index contributed by atoms with van der Waals surface area (Å²) in [6, 6.07) is 0. The van der Waals surface area contributed by atoms with Crippen LogP contribution in [-0.2, 0) is 18.7 Å². The molecule has 162 valence electrons. The van der Waals surface area contributed by atoms with Gasteiger partial charge in [-0.15, -0.1) is 0 Å². The minimum absolute atomic E-state index is 0.142. The Labute approximate surface area is 155 Å². The molecule has 0 aromatic carbocycles. The molecule has 0 aromatic heterocycles. The van der Waals surface area contributed by atoms with Crippen molar-refractivity contribution in [3.8, 4) is 0 Å². The van der Waals surface area contributed by atoms with E-state index < -0.39 is 50.9 Å². The van der Waals surface area contributed by atoms with E-state index in [1.807, 2.05) is 21.1 Å². The first-order valence-corrected chi connectivity index (χ1v) is 9.09. The van der Waals surface area contributed by atoms with Gasteiger partial charge in [0.25, 0.3) is 0 Å². The summed E-state index contributed by atoms with van der Waals surface area (Å²) in [5, 5.41) is 54.8. The molecule has 0 aliphatic rings. The first-order valence-electron chi connectivity index (χ1n) is 7.56. The largest absolute Gasteiger partial charge is 0.550 e. The number of likely N-dealkylation sites (N-methyl/N-ethyl adjacent to an activating group) is 1. The Morgan fingerprint density at radius 3 is 1.93 bits per heavy atom. The van der Waals surface area contributed by atoms with Crippen molar-refractivity contribution in [3.05, 3.63) is 0 Å². The highest BCUT2D eigenvalue weighted by molar-refractivity contribution is 7.46. The lowest BCUT2D eigenvalue weighted by molar-refractivity contribution is -0.873. The van der Waals surface area contributed by atoms with Gasteiger partial charge in [-0.1, -0.05) is 0 Å². The second-order valence-corrected chi connectivity index (χ2v) is 7.82. The average Bonchev–Trinajstić information content (AvgIpc) is 2.47. The SMILES string of the molecule is C[N+](C)(C)CC(O)CC(=O)[O-].O=C[C@H](OP(=O)(O)O)[C@@H](O)[C@H](O)[C@H](O)CO. The van der Waals surface area contributed by atoms with E-state index in [0.717, 1.165) is 0 Å². The number of phosphoric ester groups is 1. The van der Waals surface area contributed by atoms with Gasteiger partial charge in [-0.25, -0.2) is 4.57 Å². The molecule has 27 heavy (non-hydrogen) atoms. The Hall–Kier alpha value is -0.990. The first-order chi connectivity index (χ1) is 12.0. The number of rotatable bonds is 11. The van der Waals surface area contributed by atoms with Crippen LogP contribution in [0.2, 0.25) is 0 Å². The molecule has 0 spiro atoms. The molecule has 0 aliphatic heterocycles. The molecule has 13 nitrogen and oxygen atoms in total. The molecule has 0 saturated heterocycles. The fourth-order valence-corrected chi connectivity index (χ4v) is 2.24. The van der Waals surface area contributed by atoms with Crippen molar-refractivity contribution in [2.75, 3.05) is 34.3 Å². The Morgan fingerprint density at radius 2 is 1.63 bits per heavy atom. The second kappa shape index (κ2) is 12.5. The highest BCUT2D eigenvalue weighted by atomic mass is 31.2. The quantitative estimate of drug-likeness (QED) is 0.0945. The fourth-order valence-electron chi connectivity index (χ4n) is 1.75. The lowest BCUT2D eigenvalue weighted by Crippen LogP contribution is -2.47. The molecule has 0 amide bonds. The summed E-state index contributed by atoms with van der Waals surface area (Å²) in [4.78, 5) is 37.1. The van der Waals surface area contributed by atoms with Crippen molar-refractivity contribution in [3.63, 3.8) is 0 Å². The number of quaternary nitrogens is 1. The lowest BCUT2D eigenvalue weighted by Gasteiger charge is -2.26. The molecule has 0 saturated carbocycles. The number of aliphatic hydroxyl groups is 5. The molecule has 0 aliphatic carbocycles. The average molecular weight is 421 g/mol. The first kappa shape index (κ1) is 28.2. The maximum Gasteiger partial charge on any atom is 0.470 e. The minimum atomic E-state index is -5.02. The molecule has 0 rings (SSSR count). The van der Waals surface area contributed by atoms with Crippen LogP contribution in [0.1, 0.15) is 6.42 Å². The number of phosphoric acid groups is 1. The third-order valence-electron chi connectivity index (χ3n) is 2.82. The number of carbonyl (C=O) groups excluding carboxylic acids is 2. The predicted molar refractivity (Wildman–Crippen MR) is 86.6 cm³/mol. The highest BCUT2D eigenvalue weighted by Gasteiger charge is 2.35. The third-order valence-corrected chi connectivity index (χ3v) is 3.34. The topological polar surface area (TPSA) is 225 Å². The van der Waals surface area contributed by atoms with Gasteiger partial charge in [-0.05, 0) is 0 Å². The van der Waals surface area contributed by atoms with Crippen molar-refractivity contribution >= 4 is 20.1 Å². The summed E-state index contributed by atoms with van der Waals surface area (Å²) >= 11 is 0. The second-order valence-electron chi connectivity index (χ2n) is 6.63. The van der Waals surface area contributed by atoms with Crippen molar-refractivity contribution in [1.29, 1.82) is 0 Å². The highest BCUT2D eigenvalue weighted by Crippen LogP contribution is 2.38. The number of hydrogen-bond acceptors (Lipinski definition) is 10. The molecule has 1 unspecified atom stereocenters. The minimum Gasteiger partial charge on any atom is -0.550 e. The number of aldehydes is 1. The molecule has 14 heteroatoms. The van der Waals surface area contributed by atoms with E-state index in [2.05, 4.69) is 4.52 Å². The summed E-state index contributed by atoms with van der Waals surface area (Å²) in [7, 11) is 0.645. The zero-order valence-electron chi connectivity index (χ0n) is 15.2. The molecular weight excluding hydrogens is 393 g/mol. The van der Waals surface area contributed by atoms with Crippen molar-refractivity contribution in [2.45, 2.75) is 36.9 Å². The van der Waals surface area contributed by atoms with E-state index in [1.54, 1.807) is 0 Å². The Bertz CT molecular complexity index is 490. The number of aliphatic hydroxyl groups excluding tert-OH is 5. The van der Waals surface area contributed by atoms with Crippen LogP contribution in [0.5, 0.6) is 0 Å². The molecule has 0 bridgehead atoms. The van der Waals surface area contributed by atoms with Crippen LogP contribution < -0.4 is 5.11 Å². The van der Waals surface area contributed by atoms with Gasteiger partial charge in [0.2, 0.25) is 0 Å². The summed E-state index contributed by atoms with van der Waals surface area (Å²) in [6.45, 7) is -0.478. The maximum absolute atomic E-state index is 10.4. The van der Waals surface area contributed by atoms with Crippen LogP contribution in [0.15, 0.2) is 0 Å². The van der Waals surface area contributed by atoms with Gasteiger partial charge in [-0.3, -0.25) is 4.52 Å². The van der Waals surface area contributed by atoms with Gasteiger partial charge < -0.3 is 54.5 Å². The predicted octanol–water partition coefficient (Wildman–Crippen LogP) is -5.07. The van der Waals surface area contributed by atoms with Crippen LogP contribution in [-0.4, -0.2) is 117 Å². The van der Waals surface area contributed by atoms with Crippen molar-refractivity contribution < 1.29 is 63.6 Å². The third kappa shape index (κ3) is 15.7. The molecular formula is C13H28NO12P. The Kier molecular flexibility index (Phi) is 13.0. The number of carboxylic acids is 1. The van der Waals surface area contributed by atoms with Crippen molar-refractivity contribution in [1.82, 2.24) is 0 Å². The van der Waals surface area contributed by atoms with Crippen molar-refractivity contribution in [2.24, 2.45) is 0 Å². The van der Waals surface area contributed by atoms with Crippen LogP contribution in [0.3, 0.4) is 0 Å². The van der Waals surface area contributed by atoms with Gasteiger partial charge >= 0.3 is 7.82 Å². The van der Waals surface area contributed by atoms with Gasteiger partial charge in [0.05, 0.1) is 27.7 Å². The maximum atomic E-state index is 10.4. The zero-order chi connectivity index (χ0) is 22.0. The van der Waals surface area contributed by atoms with Gasteiger partial charge in [0.15, 0.2) is 12.4 Å². The van der Waals surface area contributed by atoms with E-state index in [0.29, 0.717) is 11.0 Å². The fraction of sp³-hybridized carbons (Fsp3) is 0.846. The van der Waals surface area contributed by atoms with Gasteiger partial charge in [0.1, 0.15) is 31.0 Å². The van der Waals surface area contributed by atoms with E-state index in [4.69, 9.17) is 30.2 Å². The molecule has 0 aromatic rings. The number of aliphatic carboxylic acids is 1. The number of carbonyl (C=O) groups is 2. The van der Waals surface area contributed by atoms with Gasteiger partial charge in [0, 0.05) is 12.4 Å². The van der Waals surface area contributed by atoms with E-state index in [1.165, 1.54) is 0 Å². The van der Waals surface area contributed by atoms with Crippen LogP contribution in [0, 0.1) is 0 Å². The van der Waals surface area contributed by atoms with Crippen LogP contribution >= 0.6 is 7.82 Å². The Balaban J connectivity index is 0. The van der Waals surface area contributed by atoms with Crippen LogP contribution in [0.4, 0.5) is 0 Å². The lowest BCUT2D eigenvalue weighted by atomic mass is 10.0. The summed E-state index contributed by atoms with van der Waals surface area (Å²) in [6.07, 6.45) is -9.07. The zero-order valence-corrected chi connectivity index (χ0v) is 16.0. The number of hydrogen-bond donors (Lipinski definition) is 7. The van der Waals surface area contributed by atoms with E-state index in [-0.39, 0.29) is 12.7 Å². The van der Waals surface area contributed by atoms with Crippen LogP contribution in [0.25, 0.3) is 0 Å². The van der Waals surface area contributed by atoms with E-state index in [9.17, 15) is 24.4 Å². The summed E-state index contributed by atoms with van der Waals surface area (Å²) in [5.74, 6) is -1.20. The van der Waals surface area contributed by atoms with E-state index >= 15 is 0 Å².